The summed E-state index contributed by atoms with van der Waals surface area (Å²) in [7, 11) is 0. The fraction of sp³-hybridized carbons (Fsp3) is 0.143. The van der Waals surface area contributed by atoms with E-state index in [1.807, 2.05) is 22.8 Å². The Morgan fingerprint density at radius 2 is 2.36 bits per heavy atom. The van der Waals surface area contributed by atoms with E-state index in [1.165, 1.54) is 11.3 Å². The van der Waals surface area contributed by atoms with Crippen molar-refractivity contribution in [3.05, 3.63) is 50.7 Å². The van der Waals surface area contributed by atoms with Gasteiger partial charge in [0.25, 0.3) is 5.91 Å². The minimum Gasteiger partial charge on any atom is -0.312 e. The predicted octanol–water partition coefficient (Wildman–Crippen LogP) is 3.55. The third-order valence-corrected chi connectivity index (χ3v) is 5.35. The zero-order chi connectivity index (χ0) is 15.7. The van der Waals surface area contributed by atoms with Crippen LogP contribution in [0.15, 0.2) is 40.3 Å². The maximum absolute atomic E-state index is 12.3. The highest BCUT2D eigenvalue weighted by Crippen LogP contribution is 2.22. The summed E-state index contributed by atoms with van der Waals surface area (Å²) in [6, 6.07) is 5.99. The van der Waals surface area contributed by atoms with Gasteiger partial charge in [0, 0.05) is 11.0 Å². The first kappa shape index (κ1) is 15.3. The summed E-state index contributed by atoms with van der Waals surface area (Å²) in [6.45, 7) is 6.12. The Morgan fingerprint density at radius 1 is 1.55 bits per heavy atom. The minimum atomic E-state index is -0.309. The third kappa shape index (κ3) is 2.81. The number of carbonyl (C=O) groups excluding carboxylic acids is 1. The highest BCUT2D eigenvalue weighted by atomic mass is 79.9. The van der Waals surface area contributed by atoms with E-state index in [1.54, 1.807) is 13.0 Å². The number of aryl methyl sites for hydroxylation is 1. The Hall–Kier alpha value is -1.64. The van der Waals surface area contributed by atoms with Crippen LogP contribution in [-0.2, 0) is 6.54 Å². The zero-order valence-corrected chi connectivity index (χ0v) is 14.8. The molecule has 1 amide bonds. The normalized spacial score (nSPS) is 12.0. The molecule has 0 atom stereocenters. The van der Waals surface area contributed by atoms with Gasteiger partial charge < -0.3 is 4.57 Å². The molecule has 2 heterocycles. The van der Waals surface area contributed by atoms with Gasteiger partial charge in [-0.05, 0) is 36.7 Å². The first-order valence-corrected chi connectivity index (χ1v) is 8.76. The molecule has 0 saturated heterocycles. The van der Waals surface area contributed by atoms with Crippen LogP contribution in [0.5, 0.6) is 0 Å². The molecule has 112 valence electrons. The summed E-state index contributed by atoms with van der Waals surface area (Å²) in [5, 5.41) is 3.85. The molecule has 0 aliphatic rings. The molecule has 8 heteroatoms. The lowest BCUT2D eigenvalue weighted by Gasteiger charge is -2.00. The van der Waals surface area contributed by atoms with E-state index >= 15 is 0 Å². The van der Waals surface area contributed by atoms with E-state index in [2.05, 4.69) is 37.1 Å². The lowest BCUT2D eigenvalue weighted by molar-refractivity contribution is 0.100. The van der Waals surface area contributed by atoms with Gasteiger partial charge in [0.2, 0.25) is 0 Å². The van der Waals surface area contributed by atoms with Crippen molar-refractivity contribution in [2.75, 3.05) is 0 Å². The molecular formula is C14H11BrN4OS2. The van der Waals surface area contributed by atoms with E-state index in [-0.39, 0.29) is 5.91 Å². The molecule has 5 nitrogen and oxygen atoms in total. The van der Waals surface area contributed by atoms with Crippen LogP contribution < -0.4 is 4.80 Å². The number of fused-ring (bicyclic) bond motifs is 1. The van der Waals surface area contributed by atoms with Crippen LogP contribution in [0.2, 0.25) is 0 Å². The van der Waals surface area contributed by atoms with Crippen LogP contribution in [0.1, 0.15) is 15.4 Å². The lowest BCUT2D eigenvalue weighted by atomic mass is 10.3. The number of aromatic nitrogens is 3. The maximum atomic E-state index is 12.3. The van der Waals surface area contributed by atoms with Gasteiger partial charge in [-0.3, -0.25) is 4.79 Å². The predicted molar refractivity (Wildman–Crippen MR) is 92.3 cm³/mol. The number of benzene rings is 1. The summed E-state index contributed by atoms with van der Waals surface area (Å²) in [4.78, 5) is 17.7. The first-order valence-electron chi connectivity index (χ1n) is 6.38. The smallest absolute Gasteiger partial charge is 0.293 e. The molecule has 2 aromatic heterocycles. The fourth-order valence-electron chi connectivity index (χ4n) is 2.00. The molecule has 1 aromatic carbocycles. The second-order valence-corrected chi connectivity index (χ2v) is 7.18. The Labute approximate surface area is 142 Å². The standard InChI is InChI=1S/C14H11BrN4OS2/c1-3-6-19-10-5-4-9(15)7-11(10)21-14(19)16-13(20)12-8(2)17-18-22-12/h3-5,7H,1,6H2,2H3. The summed E-state index contributed by atoms with van der Waals surface area (Å²) in [5.41, 5.74) is 1.64. The van der Waals surface area contributed by atoms with Crippen LogP contribution in [0, 0.1) is 6.92 Å². The Bertz CT molecular complexity index is 938. The van der Waals surface area contributed by atoms with Crippen LogP contribution in [0.4, 0.5) is 0 Å². The summed E-state index contributed by atoms with van der Waals surface area (Å²) >= 11 is 6.00. The van der Waals surface area contributed by atoms with E-state index in [9.17, 15) is 4.79 Å². The van der Waals surface area contributed by atoms with Crippen molar-refractivity contribution in [3.63, 3.8) is 0 Å². The van der Waals surface area contributed by atoms with Crippen molar-refractivity contribution in [1.82, 2.24) is 14.2 Å². The van der Waals surface area contributed by atoms with Gasteiger partial charge in [0.1, 0.15) is 4.88 Å². The molecule has 0 N–H and O–H groups in total. The molecular weight excluding hydrogens is 384 g/mol. The highest BCUT2D eigenvalue weighted by Gasteiger charge is 2.13. The number of rotatable bonds is 3. The van der Waals surface area contributed by atoms with Crippen molar-refractivity contribution >= 4 is 54.9 Å². The fourth-order valence-corrected chi connectivity index (χ4v) is 4.13. The van der Waals surface area contributed by atoms with Crippen molar-refractivity contribution in [2.45, 2.75) is 13.5 Å². The van der Waals surface area contributed by atoms with Crippen molar-refractivity contribution in [3.8, 4) is 0 Å². The Morgan fingerprint density at radius 3 is 3.05 bits per heavy atom. The number of allylic oxidation sites excluding steroid dienone is 1. The van der Waals surface area contributed by atoms with Gasteiger partial charge in [-0.15, -0.1) is 11.7 Å². The SMILES string of the molecule is C=CCn1c(=NC(=O)c2snnc2C)sc2cc(Br)ccc21. The van der Waals surface area contributed by atoms with Gasteiger partial charge in [0.05, 0.1) is 15.9 Å². The van der Waals surface area contributed by atoms with Crippen molar-refractivity contribution in [2.24, 2.45) is 4.99 Å². The van der Waals surface area contributed by atoms with Gasteiger partial charge in [-0.2, -0.15) is 4.99 Å². The molecule has 0 aliphatic carbocycles. The largest absolute Gasteiger partial charge is 0.312 e. The number of thiazole rings is 1. The monoisotopic (exact) mass is 394 g/mol. The molecule has 0 radical (unpaired) electrons. The summed E-state index contributed by atoms with van der Waals surface area (Å²) in [6.07, 6.45) is 1.79. The molecule has 22 heavy (non-hydrogen) atoms. The van der Waals surface area contributed by atoms with Crippen LogP contribution in [-0.4, -0.2) is 20.1 Å². The van der Waals surface area contributed by atoms with Crippen molar-refractivity contribution in [1.29, 1.82) is 0 Å². The van der Waals surface area contributed by atoms with Gasteiger partial charge in [-0.1, -0.05) is 37.8 Å². The summed E-state index contributed by atoms with van der Waals surface area (Å²) in [5.74, 6) is -0.309. The second-order valence-electron chi connectivity index (χ2n) is 4.50. The molecule has 0 saturated carbocycles. The Balaban J connectivity index is 2.19. The molecule has 0 spiro atoms. The molecule has 0 unspecified atom stereocenters. The van der Waals surface area contributed by atoms with E-state index in [0.29, 0.717) is 21.9 Å². The molecule has 3 aromatic rings. The number of carbonyl (C=O) groups is 1. The van der Waals surface area contributed by atoms with E-state index < -0.39 is 0 Å². The number of hydrogen-bond donors (Lipinski definition) is 0. The van der Waals surface area contributed by atoms with E-state index in [4.69, 9.17) is 0 Å². The number of halogens is 1. The van der Waals surface area contributed by atoms with Crippen LogP contribution >= 0.6 is 38.8 Å². The second kappa shape index (κ2) is 6.23. The molecule has 3 rings (SSSR count). The van der Waals surface area contributed by atoms with Gasteiger partial charge >= 0.3 is 0 Å². The topological polar surface area (TPSA) is 60.1 Å². The number of nitrogens with zero attached hydrogens (tertiary/aromatic N) is 4. The average Bonchev–Trinajstić information content (AvgIpc) is 3.03. The van der Waals surface area contributed by atoms with Gasteiger partial charge in [-0.25, -0.2) is 0 Å². The Kier molecular flexibility index (Phi) is 4.32. The third-order valence-electron chi connectivity index (χ3n) is 3.00. The minimum absolute atomic E-state index is 0.309. The molecule has 0 aliphatic heterocycles. The maximum Gasteiger partial charge on any atom is 0.293 e. The van der Waals surface area contributed by atoms with Crippen LogP contribution in [0.3, 0.4) is 0 Å². The van der Waals surface area contributed by atoms with Crippen LogP contribution in [0.25, 0.3) is 10.2 Å². The van der Waals surface area contributed by atoms with Gasteiger partial charge in [0.15, 0.2) is 4.80 Å². The quantitative estimate of drug-likeness (QED) is 0.638. The molecule has 0 bridgehead atoms. The average molecular weight is 395 g/mol. The van der Waals surface area contributed by atoms with E-state index in [0.717, 1.165) is 26.2 Å². The highest BCUT2D eigenvalue weighted by molar-refractivity contribution is 9.10. The first-order chi connectivity index (χ1) is 10.6. The number of amides is 1. The number of hydrogen-bond acceptors (Lipinski definition) is 5. The lowest BCUT2D eigenvalue weighted by Crippen LogP contribution is -2.16. The van der Waals surface area contributed by atoms with Crippen molar-refractivity contribution < 1.29 is 4.79 Å². The summed E-state index contributed by atoms with van der Waals surface area (Å²) < 4.78 is 7.81. The molecule has 0 fully saturated rings. The zero-order valence-electron chi connectivity index (χ0n) is 11.6.